The molecule has 108 valence electrons. The second-order valence-corrected chi connectivity index (χ2v) is 4.93. The minimum absolute atomic E-state index is 0. The van der Waals surface area contributed by atoms with Crippen LogP contribution in [0.25, 0.3) is 11.3 Å². The molecule has 0 unspecified atom stereocenters. The van der Waals surface area contributed by atoms with Gasteiger partial charge in [-0.15, -0.1) is 12.4 Å². The Morgan fingerprint density at radius 1 is 0.857 bits per heavy atom. The molecule has 0 saturated heterocycles. The summed E-state index contributed by atoms with van der Waals surface area (Å²) in [7, 11) is 0. The van der Waals surface area contributed by atoms with E-state index in [1.807, 2.05) is 66.7 Å². The Labute approximate surface area is 135 Å². The smallest absolute Gasteiger partial charge is 0.134 e. The predicted molar refractivity (Wildman–Crippen MR) is 90.2 cm³/mol. The van der Waals surface area contributed by atoms with Gasteiger partial charge < -0.3 is 9.73 Å². The van der Waals surface area contributed by atoms with E-state index in [1.165, 1.54) is 0 Å². The van der Waals surface area contributed by atoms with Gasteiger partial charge in [0.15, 0.2) is 0 Å². The number of anilines is 1. The van der Waals surface area contributed by atoms with Crippen molar-refractivity contribution in [2.45, 2.75) is 6.54 Å². The normalized spacial score (nSPS) is 9.95. The highest BCUT2D eigenvalue weighted by molar-refractivity contribution is 6.30. The van der Waals surface area contributed by atoms with E-state index in [2.05, 4.69) is 5.32 Å². The second-order valence-electron chi connectivity index (χ2n) is 4.49. The highest BCUT2D eigenvalue weighted by Crippen LogP contribution is 2.24. The third-order valence-corrected chi connectivity index (χ3v) is 3.28. The van der Waals surface area contributed by atoms with E-state index in [1.54, 1.807) is 0 Å². The van der Waals surface area contributed by atoms with Crippen LogP contribution in [0.2, 0.25) is 5.02 Å². The van der Waals surface area contributed by atoms with Crippen LogP contribution in [0.15, 0.2) is 71.1 Å². The Morgan fingerprint density at radius 3 is 2.29 bits per heavy atom. The Kier molecular flexibility index (Phi) is 5.32. The molecule has 2 aromatic carbocycles. The molecule has 0 saturated carbocycles. The number of hydrogen-bond acceptors (Lipinski definition) is 2. The Hall–Kier alpha value is -1.90. The van der Waals surface area contributed by atoms with Crippen LogP contribution in [0, 0.1) is 0 Å². The van der Waals surface area contributed by atoms with Gasteiger partial charge in [-0.05, 0) is 48.5 Å². The molecule has 4 heteroatoms. The van der Waals surface area contributed by atoms with Crippen molar-refractivity contribution in [2.75, 3.05) is 5.32 Å². The fourth-order valence-electron chi connectivity index (χ4n) is 1.99. The third-order valence-electron chi connectivity index (χ3n) is 3.03. The lowest BCUT2D eigenvalue weighted by atomic mass is 10.2. The summed E-state index contributed by atoms with van der Waals surface area (Å²) in [4.78, 5) is 0. The first-order chi connectivity index (χ1) is 9.81. The first kappa shape index (κ1) is 15.5. The summed E-state index contributed by atoms with van der Waals surface area (Å²) >= 11 is 5.88. The molecule has 0 atom stereocenters. The molecule has 2 nitrogen and oxygen atoms in total. The van der Waals surface area contributed by atoms with Crippen LogP contribution in [0.5, 0.6) is 0 Å². The van der Waals surface area contributed by atoms with E-state index in [0.717, 1.165) is 27.8 Å². The lowest BCUT2D eigenvalue weighted by Gasteiger charge is -2.03. The van der Waals surface area contributed by atoms with Gasteiger partial charge in [-0.25, -0.2) is 0 Å². The first-order valence-electron chi connectivity index (χ1n) is 6.45. The summed E-state index contributed by atoms with van der Waals surface area (Å²) in [5.41, 5.74) is 2.11. The number of furan rings is 1. The number of nitrogens with one attached hydrogen (secondary N) is 1. The fourth-order valence-corrected chi connectivity index (χ4v) is 2.11. The Balaban J connectivity index is 0.00000161. The minimum atomic E-state index is 0. The van der Waals surface area contributed by atoms with Crippen LogP contribution in [-0.2, 0) is 6.54 Å². The van der Waals surface area contributed by atoms with E-state index in [0.29, 0.717) is 6.54 Å². The summed E-state index contributed by atoms with van der Waals surface area (Å²) in [5.74, 6) is 1.75. The zero-order valence-corrected chi connectivity index (χ0v) is 12.8. The Bertz CT molecular complexity index is 678. The largest absolute Gasteiger partial charge is 0.459 e. The summed E-state index contributed by atoms with van der Waals surface area (Å²) in [5, 5.41) is 4.05. The monoisotopic (exact) mass is 319 g/mol. The molecule has 3 aromatic rings. The molecule has 0 aliphatic rings. The molecular formula is C17H15Cl2NO. The van der Waals surface area contributed by atoms with E-state index in [9.17, 15) is 0 Å². The van der Waals surface area contributed by atoms with Crippen molar-refractivity contribution in [2.24, 2.45) is 0 Å². The highest BCUT2D eigenvalue weighted by atomic mass is 35.5. The van der Waals surface area contributed by atoms with Gasteiger partial charge in [0.2, 0.25) is 0 Å². The molecule has 0 fully saturated rings. The molecule has 0 aliphatic heterocycles. The predicted octanol–water partition coefficient (Wildman–Crippen LogP) is 5.63. The first-order valence-corrected chi connectivity index (χ1v) is 6.83. The molecule has 0 amide bonds. The van der Waals surface area contributed by atoms with E-state index in [4.69, 9.17) is 16.0 Å². The molecule has 0 bridgehead atoms. The lowest BCUT2D eigenvalue weighted by Crippen LogP contribution is -1.97. The third kappa shape index (κ3) is 4.03. The van der Waals surface area contributed by atoms with Crippen molar-refractivity contribution in [1.29, 1.82) is 0 Å². The molecule has 1 aromatic heterocycles. The van der Waals surface area contributed by atoms with Gasteiger partial charge >= 0.3 is 0 Å². The summed E-state index contributed by atoms with van der Waals surface area (Å²) in [6.07, 6.45) is 0. The van der Waals surface area contributed by atoms with Gasteiger partial charge in [0, 0.05) is 16.3 Å². The molecule has 1 N–H and O–H groups in total. The van der Waals surface area contributed by atoms with Gasteiger partial charge in [-0.1, -0.05) is 29.8 Å². The SMILES string of the molecule is Cl.Clc1ccc(-c2ccc(CNc3ccccc3)o2)cc1. The van der Waals surface area contributed by atoms with Gasteiger partial charge in [0.05, 0.1) is 6.54 Å². The standard InChI is InChI=1S/C17H14ClNO.ClH/c18-14-8-6-13(7-9-14)17-11-10-16(20-17)12-19-15-4-2-1-3-5-15;/h1-11,19H,12H2;1H. The minimum Gasteiger partial charge on any atom is -0.459 e. The average Bonchev–Trinajstić information content (AvgIpc) is 2.96. The number of rotatable bonds is 4. The van der Waals surface area contributed by atoms with Crippen LogP contribution in [-0.4, -0.2) is 0 Å². The topological polar surface area (TPSA) is 25.2 Å². The van der Waals surface area contributed by atoms with Crippen molar-refractivity contribution in [3.8, 4) is 11.3 Å². The molecule has 0 radical (unpaired) electrons. The van der Waals surface area contributed by atoms with Crippen LogP contribution in [0.1, 0.15) is 5.76 Å². The maximum Gasteiger partial charge on any atom is 0.134 e. The van der Waals surface area contributed by atoms with Crippen molar-refractivity contribution in [1.82, 2.24) is 0 Å². The Morgan fingerprint density at radius 2 is 1.57 bits per heavy atom. The molecule has 0 spiro atoms. The summed E-state index contributed by atoms with van der Waals surface area (Å²) in [6, 6.07) is 21.7. The maximum absolute atomic E-state index is 5.88. The number of benzene rings is 2. The zero-order valence-electron chi connectivity index (χ0n) is 11.3. The van der Waals surface area contributed by atoms with E-state index < -0.39 is 0 Å². The number of halogens is 2. The van der Waals surface area contributed by atoms with Crippen molar-refractivity contribution in [3.63, 3.8) is 0 Å². The van der Waals surface area contributed by atoms with Crippen LogP contribution >= 0.6 is 24.0 Å². The summed E-state index contributed by atoms with van der Waals surface area (Å²) < 4.78 is 5.83. The van der Waals surface area contributed by atoms with Crippen molar-refractivity contribution < 1.29 is 4.42 Å². The zero-order chi connectivity index (χ0) is 13.8. The summed E-state index contributed by atoms with van der Waals surface area (Å²) in [6.45, 7) is 0.664. The molecule has 1 heterocycles. The van der Waals surface area contributed by atoms with Gasteiger partial charge in [0.1, 0.15) is 11.5 Å². The quantitative estimate of drug-likeness (QED) is 0.673. The van der Waals surface area contributed by atoms with Gasteiger partial charge in [-0.3, -0.25) is 0 Å². The number of para-hydroxylation sites is 1. The number of hydrogen-bond donors (Lipinski definition) is 1. The van der Waals surface area contributed by atoms with Crippen LogP contribution < -0.4 is 5.32 Å². The van der Waals surface area contributed by atoms with Crippen LogP contribution in [0.3, 0.4) is 0 Å². The molecule has 3 rings (SSSR count). The highest BCUT2D eigenvalue weighted by Gasteiger charge is 2.04. The van der Waals surface area contributed by atoms with Crippen LogP contribution in [0.4, 0.5) is 5.69 Å². The van der Waals surface area contributed by atoms with E-state index in [-0.39, 0.29) is 12.4 Å². The van der Waals surface area contributed by atoms with Gasteiger partial charge in [-0.2, -0.15) is 0 Å². The van der Waals surface area contributed by atoms with Crippen molar-refractivity contribution in [3.05, 3.63) is 77.5 Å². The molecule has 21 heavy (non-hydrogen) atoms. The molecule has 0 aliphatic carbocycles. The fraction of sp³-hybridized carbons (Fsp3) is 0.0588. The lowest BCUT2D eigenvalue weighted by molar-refractivity contribution is 0.531. The average molecular weight is 320 g/mol. The second kappa shape index (κ2) is 7.21. The maximum atomic E-state index is 5.88. The van der Waals surface area contributed by atoms with Gasteiger partial charge in [0.25, 0.3) is 0 Å². The van der Waals surface area contributed by atoms with Crippen molar-refractivity contribution >= 4 is 29.7 Å². The molecular weight excluding hydrogens is 305 g/mol. The van der Waals surface area contributed by atoms with E-state index >= 15 is 0 Å².